The van der Waals surface area contributed by atoms with Crippen molar-refractivity contribution in [3.63, 3.8) is 0 Å². The smallest absolute Gasteiger partial charge is 0.326 e. The highest BCUT2D eigenvalue weighted by molar-refractivity contribution is 9.12. The number of likely N-dealkylation sites (tertiary alicyclic amines) is 1. The molecule has 3 amide bonds. The third kappa shape index (κ3) is 5.19. The van der Waals surface area contributed by atoms with Gasteiger partial charge in [0.1, 0.15) is 6.54 Å². The molecule has 0 aromatic heterocycles. The zero-order valence-electron chi connectivity index (χ0n) is 17.5. The summed E-state index contributed by atoms with van der Waals surface area (Å²) in [7, 11) is 0. The first kappa shape index (κ1) is 23.9. The predicted molar refractivity (Wildman–Crippen MR) is 123 cm³/mol. The lowest BCUT2D eigenvalue weighted by atomic mass is 9.81. The Morgan fingerprint density at radius 1 is 1.03 bits per heavy atom. The van der Waals surface area contributed by atoms with Crippen LogP contribution >= 0.6 is 31.9 Å². The first-order chi connectivity index (χ1) is 14.8. The van der Waals surface area contributed by atoms with Gasteiger partial charge in [-0.2, -0.15) is 0 Å². The number of hydrogen-bond acceptors (Lipinski definition) is 5. The molecule has 168 valence electrons. The van der Waals surface area contributed by atoms with E-state index in [1.54, 1.807) is 0 Å². The van der Waals surface area contributed by atoms with E-state index in [0.717, 1.165) is 34.6 Å². The molecule has 9 heteroatoms. The van der Waals surface area contributed by atoms with Gasteiger partial charge in [-0.25, -0.2) is 0 Å². The molecule has 1 saturated heterocycles. The summed E-state index contributed by atoms with van der Waals surface area (Å²) in [6.45, 7) is 3.06. The van der Waals surface area contributed by atoms with Crippen LogP contribution in [0.25, 0.3) is 0 Å². The summed E-state index contributed by atoms with van der Waals surface area (Å²) in [5.74, 6) is -2.75. The van der Waals surface area contributed by atoms with E-state index >= 15 is 0 Å². The Balaban J connectivity index is 1.56. The summed E-state index contributed by atoms with van der Waals surface area (Å²) in [5.41, 5.74) is 2.76. The normalized spacial score (nSPS) is 25.4. The molecule has 1 saturated carbocycles. The number of benzene rings is 1. The Kier molecular flexibility index (Phi) is 7.91. The Hall–Kier alpha value is -1.74. The summed E-state index contributed by atoms with van der Waals surface area (Å²) < 4.78 is 5.06. The van der Waals surface area contributed by atoms with Crippen LogP contribution in [0.5, 0.6) is 0 Å². The highest BCUT2D eigenvalue weighted by Crippen LogP contribution is 2.43. The quantitative estimate of drug-likeness (QED) is 0.316. The van der Waals surface area contributed by atoms with Crippen LogP contribution in [0.3, 0.4) is 0 Å². The number of alkyl halides is 2. The van der Waals surface area contributed by atoms with Crippen LogP contribution in [0.15, 0.2) is 18.2 Å². The number of para-hydroxylation sites is 1. The summed E-state index contributed by atoms with van der Waals surface area (Å²) in [5, 5.41) is 2.82. The van der Waals surface area contributed by atoms with Gasteiger partial charge < -0.3 is 10.1 Å². The van der Waals surface area contributed by atoms with Gasteiger partial charge in [0.25, 0.3) is 5.91 Å². The number of carbonyl (C=O) groups is 4. The summed E-state index contributed by atoms with van der Waals surface area (Å²) in [6.07, 6.45) is 2.59. The number of ether oxygens (including phenoxy) is 1. The van der Waals surface area contributed by atoms with Crippen molar-refractivity contribution in [2.45, 2.75) is 49.2 Å². The molecule has 0 bridgehead atoms. The highest BCUT2D eigenvalue weighted by Gasteiger charge is 2.52. The second kappa shape index (κ2) is 10.3. The molecule has 1 aliphatic heterocycles. The fraction of sp³-hybridized carbons (Fsp3) is 0.545. The summed E-state index contributed by atoms with van der Waals surface area (Å²) >= 11 is 7.06. The van der Waals surface area contributed by atoms with E-state index in [0.29, 0.717) is 12.8 Å². The average molecular weight is 558 g/mol. The van der Waals surface area contributed by atoms with Gasteiger partial charge in [-0.3, -0.25) is 24.1 Å². The second-order valence-corrected chi connectivity index (χ2v) is 10.2. The SMILES string of the molecule is CCc1cccc(CC)c1NC(=O)COC(=O)CN1C(=O)[C@H]2C[C@H](Br)[C@@H](Br)C[C@H]2C1=O. The molecule has 7 nitrogen and oxygen atoms in total. The first-order valence-electron chi connectivity index (χ1n) is 10.5. The standard InChI is InChI=1S/C22H26Br2N2O5/c1-3-12-6-5-7-13(4-2)20(12)25-18(27)11-31-19(28)10-26-21(29)14-8-16(23)17(24)9-15(14)22(26)30/h5-7,14-17H,3-4,8-11H2,1-2H3,(H,25,27)/t14-,15+,16-,17-/m0/s1. The zero-order valence-corrected chi connectivity index (χ0v) is 20.7. The summed E-state index contributed by atoms with van der Waals surface area (Å²) in [4.78, 5) is 51.1. The van der Waals surface area contributed by atoms with Gasteiger partial charge in [-0.15, -0.1) is 0 Å². The molecule has 0 unspecified atom stereocenters. The number of fused-ring (bicyclic) bond motifs is 1. The molecule has 1 N–H and O–H groups in total. The van der Waals surface area contributed by atoms with Crippen LogP contribution in [0.4, 0.5) is 5.69 Å². The minimum atomic E-state index is -0.777. The van der Waals surface area contributed by atoms with Crippen LogP contribution in [-0.4, -0.2) is 51.4 Å². The van der Waals surface area contributed by atoms with E-state index in [2.05, 4.69) is 37.2 Å². The highest BCUT2D eigenvalue weighted by atomic mass is 79.9. The van der Waals surface area contributed by atoms with E-state index in [1.165, 1.54) is 0 Å². The van der Waals surface area contributed by atoms with Crippen molar-refractivity contribution in [3.8, 4) is 0 Å². The van der Waals surface area contributed by atoms with Gasteiger partial charge in [-0.1, -0.05) is 63.9 Å². The third-order valence-electron chi connectivity index (χ3n) is 5.92. The molecule has 1 aliphatic carbocycles. The van der Waals surface area contributed by atoms with Gasteiger partial charge in [0, 0.05) is 15.3 Å². The Morgan fingerprint density at radius 2 is 1.55 bits per heavy atom. The number of aryl methyl sites for hydroxylation is 2. The number of amides is 3. The lowest BCUT2D eigenvalue weighted by molar-refractivity contribution is -0.154. The largest absolute Gasteiger partial charge is 0.454 e. The van der Waals surface area contributed by atoms with Crippen molar-refractivity contribution in [3.05, 3.63) is 29.3 Å². The van der Waals surface area contributed by atoms with Gasteiger partial charge in [0.2, 0.25) is 11.8 Å². The van der Waals surface area contributed by atoms with E-state index in [-0.39, 0.29) is 21.5 Å². The van der Waals surface area contributed by atoms with Crippen LogP contribution in [0, 0.1) is 11.8 Å². The van der Waals surface area contributed by atoms with Crippen molar-refractivity contribution in [1.29, 1.82) is 0 Å². The van der Waals surface area contributed by atoms with Crippen LogP contribution in [0.2, 0.25) is 0 Å². The lowest BCUT2D eigenvalue weighted by Gasteiger charge is -2.29. The molecule has 2 aliphatic rings. The maximum Gasteiger partial charge on any atom is 0.326 e. The van der Waals surface area contributed by atoms with Crippen LogP contribution in [0.1, 0.15) is 37.8 Å². The number of nitrogens with zero attached hydrogens (tertiary/aromatic N) is 1. The first-order valence-corrected chi connectivity index (χ1v) is 12.3. The maximum absolute atomic E-state index is 12.6. The average Bonchev–Trinajstić information content (AvgIpc) is 2.97. The van der Waals surface area contributed by atoms with E-state index in [4.69, 9.17) is 4.74 Å². The molecule has 2 fully saturated rings. The van der Waals surface area contributed by atoms with Gasteiger partial charge in [0.15, 0.2) is 6.61 Å². The van der Waals surface area contributed by atoms with E-state index in [9.17, 15) is 19.2 Å². The number of halogens is 2. The molecule has 0 radical (unpaired) electrons. The molecule has 0 spiro atoms. The van der Waals surface area contributed by atoms with Crippen molar-refractivity contribution in [2.24, 2.45) is 11.8 Å². The van der Waals surface area contributed by atoms with E-state index < -0.39 is 36.9 Å². The number of anilines is 1. The predicted octanol–water partition coefficient (Wildman–Crippen LogP) is 3.22. The Labute approximate surface area is 198 Å². The van der Waals surface area contributed by atoms with Crippen molar-refractivity contribution >= 4 is 61.2 Å². The Morgan fingerprint density at radius 3 is 2.03 bits per heavy atom. The monoisotopic (exact) mass is 556 g/mol. The molecule has 1 heterocycles. The molecule has 31 heavy (non-hydrogen) atoms. The van der Waals surface area contributed by atoms with Gasteiger partial charge >= 0.3 is 5.97 Å². The number of carbonyl (C=O) groups excluding carboxylic acids is 4. The second-order valence-electron chi connectivity index (χ2n) is 7.85. The number of esters is 1. The van der Waals surface area contributed by atoms with Crippen LogP contribution < -0.4 is 5.32 Å². The number of imide groups is 1. The van der Waals surface area contributed by atoms with E-state index in [1.807, 2.05) is 32.0 Å². The number of hydrogen-bond donors (Lipinski definition) is 1. The molecular weight excluding hydrogens is 532 g/mol. The van der Waals surface area contributed by atoms with Crippen molar-refractivity contribution in [2.75, 3.05) is 18.5 Å². The van der Waals surface area contributed by atoms with Gasteiger partial charge in [-0.05, 0) is 36.8 Å². The minimum Gasteiger partial charge on any atom is -0.454 e. The fourth-order valence-corrected chi connectivity index (χ4v) is 5.46. The molecule has 1 aromatic carbocycles. The molecule has 3 rings (SSSR count). The lowest BCUT2D eigenvalue weighted by Crippen LogP contribution is -2.37. The van der Waals surface area contributed by atoms with Crippen molar-refractivity contribution < 1.29 is 23.9 Å². The number of nitrogens with one attached hydrogen (secondary N) is 1. The van der Waals surface area contributed by atoms with Crippen molar-refractivity contribution in [1.82, 2.24) is 4.90 Å². The molecule has 1 aromatic rings. The maximum atomic E-state index is 12.6. The molecule has 4 atom stereocenters. The van der Waals surface area contributed by atoms with Gasteiger partial charge in [0.05, 0.1) is 11.8 Å². The number of rotatable bonds is 7. The fourth-order valence-electron chi connectivity index (χ4n) is 4.22. The minimum absolute atomic E-state index is 0.0973. The topological polar surface area (TPSA) is 92.8 Å². The molecular formula is C22H26Br2N2O5. The van der Waals surface area contributed by atoms with Crippen LogP contribution in [-0.2, 0) is 36.8 Å². The summed E-state index contributed by atoms with van der Waals surface area (Å²) in [6, 6.07) is 5.84. The zero-order chi connectivity index (χ0) is 22.7. The Bertz CT molecular complexity index is 840. The third-order valence-corrected chi connectivity index (χ3v) is 8.65.